The molecule has 1 fully saturated rings. The molecule has 1 aliphatic carbocycles. The van der Waals surface area contributed by atoms with Crippen molar-refractivity contribution in [1.29, 1.82) is 0 Å². The minimum atomic E-state index is -0.528. The zero-order valence-electron chi connectivity index (χ0n) is 17.5. The molecule has 2 aromatic rings. The molecule has 2 amide bonds. The van der Waals surface area contributed by atoms with Gasteiger partial charge in [-0.15, -0.1) is 0 Å². The normalized spacial score (nSPS) is 14.3. The molecule has 0 spiro atoms. The summed E-state index contributed by atoms with van der Waals surface area (Å²) in [4.78, 5) is 42.1. The molecule has 0 aromatic carbocycles. The Labute approximate surface area is 176 Å². The Morgan fingerprint density at radius 1 is 1.10 bits per heavy atom. The minimum Gasteiger partial charge on any atom is -0.352 e. The maximum absolute atomic E-state index is 12.9. The summed E-state index contributed by atoms with van der Waals surface area (Å²) in [5.74, 6) is -0.387. The summed E-state index contributed by atoms with van der Waals surface area (Å²) in [6, 6.07) is 3.78. The minimum absolute atomic E-state index is 0.0146. The van der Waals surface area contributed by atoms with Gasteiger partial charge in [0, 0.05) is 44.4 Å². The number of nitrogens with zero attached hydrogens (tertiary/aromatic N) is 2. The molecule has 1 saturated carbocycles. The lowest BCUT2D eigenvalue weighted by Gasteiger charge is -2.23. The van der Waals surface area contributed by atoms with Crippen molar-refractivity contribution in [2.75, 3.05) is 13.1 Å². The van der Waals surface area contributed by atoms with Crippen molar-refractivity contribution in [3.05, 3.63) is 63.8 Å². The summed E-state index contributed by atoms with van der Waals surface area (Å²) < 4.78 is 1.85. The van der Waals surface area contributed by atoms with E-state index in [2.05, 4.69) is 15.6 Å². The van der Waals surface area contributed by atoms with Crippen LogP contribution in [0.3, 0.4) is 0 Å². The number of nitrogens with one attached hydrogen (secondary N) is 2. The van der Waals surface area contributed by atoms with Gasteiger partial charge in [0.1, 0.15) is 11.1 Å². The number of carbonyl (C=O) groups excluding carboxylic acids is 2. The van der Waals surface area contributed by atoms with E-state index in [4.69, 9.17) is 0 Å². The van der Waals surface area contributed by atoms with Gasteiger partial charge in [0.05, 0.1) is 0 Å². The first kappa shape index (κ1) is 21.7. The van der Waals surface area contributed by atoms with Gasteiger partial charge in [-0.3, -0.25) is 19.4 Å². The Hall–Kier alpha value is -2.96. The lowest BCUT2D eigenvalue weighted by Crippen LogP contribution is -2.36. The Morgan fingerprint density at radius 3 is 2.43 bits per heavy atom. The third kappa shape index (κ3) is 5.78. The maximum Gasteiger partial charge on any atom is 0.256 e. The highest BCUT2D eigenvalue weighted by molar-refractivity contribution is 5.99. The van der Waals surface area contributed by atoms with Gasteiger partial charge in [0.15, 0.2) is 0 Å². The highest BCUT2D eigenvalue weighted by atomic mass is 16.2. The summed E-state index contributed by atoms with van der Waals surface area (Å²) in [5.41, 5.74) is 0.511. The Bertz CT molecular complexity index is 918. The number of pyridine rings is 2. The molecule has 7 nitrogen and oxygen atoms in total. The fraction of sp³-hybridized carbons (Fsp3) is 0.478. The molecule has 0 bridgehead atoms. The van der Waals surface area contributed by atoms with Crippen molar-refractivity contribution < 1.29 is 9.59 Å². The molecule has 7 heteroatoms. The first-order valence-electron chi connectivity index (χ1n) is 10.8. The second kappa shape index (κ2) is 10.7. The van der Waals surface area contributed by atoms with Crippen LogP contribution in [0.1, 0.15) is 65.3 Å². The van der Waals surface area contributed by atoms with Gasteiger partial charge in [0.2, 0.25) is 5.43 Å². The smallest absolute Gasteiger partial charge is 0.256 e. The van der Waals surface area contributed by atoms with Crippen LogP contribution in [0.15, 0.2) is 41.7 Å². The molecule has 160 valence electrons. The SMILES string of the molecule is CCNC(=O)c1cn(CC2CCCCC2)cc(C(=O)NCCc2cccnc2)c1=O. The van der Waals surface area contributed by atoms with E-state index in [1.54, 1.807) is 31.7 Å². The topological polar surface area (TPSA) is 93.1 Å². The highest BCUT2D eigenvalue weighted by Crippen LogP contribution is 2.25. The second-order valence-electron chi connectivity index (χ2n) is 7.84. The van der Waals surface area contributed by atoms with Crippen molar-refractivity contribution in [3.63, 3.8) is 0 Å². The fourth-order valence-corrected chi connectivity index (χ4v) is 3.95. The molecular weight excluding hydrogens is 380 g/mol. The largest absolute Gasteiger partial charge is 0.352 e. The van der Waals surface area contributed by atoms with Gasteiger partial charge >= 0.3 is 0 Å². The third-order valence-electron chi connectivity index (χ3n) is 5.52. The number of hydrogen-bond acceptors (Lipinski definition) is 4. The molecule has 0 saturated heterocycles. The molecule has 30 heavy (non-hydrogen) atoms. The van der Waals surface area contributed by atoms with Crippen LogP contribution in [0.25, 0.3) is 0 Å². The quantitative estimate of drug-likeness (QED) is 0.699. The van der Waals surface area contributed by atoms with E-state index in [1.807, 2.05) is 16.7 Å². The van der Waals surface area contributed by atoms with E-state index in [-0.39, 0.29) is 11.1 Å². The molecule has 3 rings (SSSR count). The van der Waals surface area contributed by atoms with Crippen molar-refractivity contribution in [3.8, 4) is 0 Å². The van der Waals surface area contributed by atoms with Crippen LogP contribution < -0.4 is 16.1 Å². The summed E-state index contributed by atoms with van der Waals surface area (Å²) in [6.45, 7) is 3.32. The lowest BCUT2D eigenvalue weighted by atomic mass is 9.89. The maximum atomic E-state index is 12.9. The molecule has 0 radical (unpaired) electrons. The zero-order valence-corrected chi connectivity index (χ0v) is 17.5. The first-order valence-corrected chi connectivity index (χ1v) is 10.8. The van der Waals surface area contributed by atoms with Crippen LogP contribution in [0, 0.1) is 5.92 Å². The molecule has 0 atom stereocenters. The predicted molar refractivity (Wildman–Crippen MR) is 116 cm³/mol. The molecule has 0 unspecified atom stereocenters. The summed E-state index contributed by atoms with van der Waals surface area (Å²) in [7, 11) is 0. The summed E-state index contributed by atoms with van der Waals surface area (Å²) in [5, 5.41) is 5.48. The number of amides is 2. The average Bonchev–Trinajstić information content (AvgIpc) is 2.76. The number of carbonyl (C=O) groups is 2. The monoisotopic (exact) mass is 410 g/mol. The van der Waals surface area contributed by atoms with E-state index in [0.29, 0.717) is 32.0 Å². The van der Waals surface area contributed by atoms with E-state index in [9.17, 15) is 14.4 Å². The molecule has 2 aromatic heterocycles. The first-order chi connectivity index (χ1) is 14.6. The molecule has 1 aliphatic rings. The lowest BCUT2D eigenvalue weighted by molar-refractivity contribution is 0.0951. The number of rotatable bonds is 8. The molecular formula is C23H30N4O3. The van der Waals surface area contributed by atoms with Crippen molar-refractivity contribution in [2.45, 2.75) is 52.0 Å². The van der Waals surface area contributed by atoms with Gasteiger partial charge in [-0.25, -0.2) is 0 Å². The summed E-state index contributed by atoms with van der Waals surface area (Å²) in [6.07, 6.45) is 13.2. The second-order valence-corrected chi connectivity index (χ2v) is 7.84. The van der Waals surface area contributed by atoms with Crippen LogP contribution in [-0.4, -0.2) is 34.5 Å². The highest BCUT2D eigenvalue weighted by Gasteiger charge is 2.21. The van der Waals surface area contributed by atoms with Crippen molar-refractivity contribution in [1.82, 2.24) is 20.2 Å². The van der Waals surface area contributed by atoms with Crippen LogP contribution in [0.4, 0.5) is 0 Å². The Balaban J connectivity index is 1.78. The van der Waals surface area contributed by atoms with E-state index < -0.39 is 17.2 Å². The number of aromatic nitrogens is 2. The van der Waals surface area contributed by atoms with Crippen LogP contribution in [0.2, 0.25) is 0 Å². The van der Waals surface area contributed by atoms with E-state index in [0.717, 1.165) is 18.4 Å². The van der Waals surface area contributed by atoms with Crippen LogP contribution >= 0.6 is 0 Å². The van der Waals surface area contributed by atoms with Gasteiger partial charge in [-0.05, 0) is 43.7 Å². The third-order valence-corrected chi connectivity index (χ3v) is 5.52. The van der Waals surface area contributed by atoms with Crippen molar-refractivity contribution >= 4 is 11.8 Å². The summed E-state index contributed by atoms with van der Waals surface area (Å²) >= 11 is 0. The van der Waals surface area contributed by atoms with E-state index in [1.165, 1.54) is 19.3 Å². The van der Waals surface area contributed by atoms with Gasteiger partial charge < -0.3 is 15.2 Å². The Morgan fingerprint density at radius 2 is 1.80 bits per heavy atom. The average molecular weight is 411 g/mol. The van der Waals surface area contributed by atoms with Crippen LogP contribution in [0.5, 0.6) is 0 Å². The molecule has 0 aliphatic heterocycles. The van der Waals surface area contributed by atoms with Crippen molar-refractivity contribution in [2.24, 2.45) is 5.92 Å². The van der Waals surface area contributed by atoms with Gasteiger partial charge in [-0.1, -0.05) is 25.3 Å². The van der Waals surface area contributed by atoms with Gasteiger partial charge in [0.25, 0.3) is 11.8 Å². The molecule has 2 heterocycles. The number of hydrogen-bond donors (Lipinski definition) is 2. The Kier molecular flexibility index (Phi) is 7.76. The van der Waals surface area contributed by atoms with Gasteiger partial charge in [-0.2, -0.15) is 0 Å². The van der Waals surface area contributed by atoms with E-state index >= 15 is 0 Å². The van der Waals surface area contributed by atoms with Crippen LogP contribution in [-0.2, 0) is 13.0 Å². The standard InChI is InChI=1S/C23H30N4O3/c1-2-25-22(29)19-15-27(14-18-7-4-3-5-8-18)16-20(21(19)28)23(30)26-12-10-17-9-6-11-24-13-17/h6,9,11,13,15-16,18H,2-5,7-8,10,12,14H2,1H3,(H,25,29)(H,26,30). The fourth-order valence-electron chi connectivity index (χ4n) is 3.95. The molecule has 2 N–H and O–H groups in total. The zero-order chi connectivity index (χ0) is 21.3. The predicted octanol–water partition coefficient (Wildman–Crippen LogP) is 2.55.